The van der Waals surface area contributed by atoms with Crippen LogP contribution < -0.4 is 11.2 Å². The summed E-state index contributed by atoms with van der Waals surface area (Å²) in [5.41, 5.74) is -2.00. The lowest BCUT2D eigenvalue weighted by atomic mass is 10.0. The van der Waals surface area contributed by atoms with Gasteiger partial charge in [0.05, 0.1) is 32.1 Å². The van der Waals surface area contributed by atoms with Crippen LogP contribution in [-0.2, 0) is 27.5 Å². The molecule has 0 saturated carbocycles. The zero-order valence-electron chi connectivity index (χ0n) is 30.4. The number of phosphoric acid groups is 1. The average Bonchev–Trinajstić information content (AvgIpc) is 3.39. The summed E-state index contributed by atoms with van der Waals surface area (Å²) in [6.07, 6.45) is 6.21. The number of hydrogen-bond donors (Lipinski definition) is 2. The highest BCUT2D eigenvalue weighted by Crippen LogP contribution is 2.45. The Morgan fingerprint density at radius 1 is 0.900 bits per heavy atom. The zero-order chi connectivity index (χ0) is 37.4. The molecule has 0 radical (unpaired) electrons. The van der Waals surface area contributed by atoms with Crippen LogP contribution in [0.25, 0.3) is 0 Å². The Balaban J connectivity index is 1.61. The molecule has 292 valence electrons. The van der Waals surface area contributed by atoms with Gasteiger partial charge in [-0.05, 0) is 31.0 Å². The van der Waals surface area contributed by atoms with Gasteiger partial charge in [0.15, 0.2) is 8.32 Å². The van der Waals surface area contributed by atoms with Crippen molar-refractivity contribution in [1.29, 1.82) is 0 Å². The summed E-state index contributed by atoms with van der Waals surface area (Å²) in [5.74, 6) is -1.15. The maximum Gasteiger partial charge on any atom is 0.472 e. The van der Waals surface area contributed by atoms with Crippen LogP contribution in [0.15, 0.2) is 15.8 Å². The van der Waals surface area contributed by atoms with Crippen LogP contribution in [0.1, 0.15) is 123 Å². The van der Waals surface area contributed by atoms with Crippen molar-refractivity contribution in [3.63, 3.8) is 0 Å². The fraction of sp³-hybridized carbons (Fsp3) is 0.879. The first-order valence-corrected chi connectivity index (χ1v) is 22.3. The highest BCUT2D eigenvalue weighted by Gasteiger charge is 2.46. The molecule has 1 fully saturated rings. The number of phosphoric ester groups is 1. The number of alkyl halides is 3. The Morgan fingerprint density at radius 3 is 1.98 bits per heavy atom. The van der Waals surface area contributed by atoms with Gasteiger partial charge >= 0.3 is 19.7 Å². The predicted octanol–water partition coefficient (Wildman–Crippen LogP) is 8.53. The Morgan fingerprint density at radius 2 is 1.44 bits per heavy atom. The van der Waals surface area contributed by atoms with Gasteiger partial charge in [-0.1, -0.05) is 91.4 Å². The van der Waals surface area contributed by atoms with E-state index in [1.165, 1.54) is 0 Å². The van der Waals surface area contributed by atoms with Crippen molar-refractivity contribution in [1.82, 2.24) is 9.55 Å². The third-order valence-corrected chi connectivity index (χ3v) is 14.8. The molecule has 1 aliphatic heterocycles. The smallest absolute Gasteiger partial charge is 0.411 e. The van der Waals surface area contributed by atoms with E-state index in [0.717, 1.165) is 81.4 Å². The van der Waals surface area contributed by atoms with Crippen LogP contribution in [0.4, 0.5) is 17.6 Å². The molecule has 1 saturated heterocycles. The van der Waals surface area contributed by atoms with Gasteiger partial charge in [-0.3, -0.25) is 23.4 Å². The fourth-order valence-corrected chi connectivity index (χ4v) is 7.44. The quantitative estimate of drug-likeness (QED) is 0.0435. The maximum absolute atomic E-state index is 14.0. The number of nitrogens with one attached hydrogen (secondary N) is 1. The molecule has 1 aromatic heterocycles. The number of aromatic amines is 1. The number of halogens is 4. The summed E-state index contributed by atoms with van der Waals surface area (Å²) in [7, 11) is -6.86. The van der Waals surface area contributed by atoms with Crippen LogP contribution in [0, 0.1) is 5.82 Å². The van der Waals surface area contributed by atoms with E-state index in [0.29, 0.717) is 13.0 Å². The molecule has 50 heavy (non-hydrogen) atoms. The number of ether oxygens (including phenoxy) is 2. The predicted molar refractivity (Wildman–Crippen MR) is 185 cm³/mol. The first-order valence-electron chi connectivity index (χ1n) is 17.9. The van der Waals surface area contributed by atoms with E-state index >= 15 is 0 Å². The third kappa shape index (κ3) is 17.4. The molecular weight excluding hydrogens is 703 g/mol. The van der Waals surface area contributed by atoms with Gasteiger partial charge in [0.2, 0.25) is 5.82 Å². The van der Waals surface area contributed by atoms with Gasteiger partial charge < -0.3 is 18.8 Å². The lowest BCUT2D eigenvalue weighted by Gasteiger charge is -2.39. The van der Waals surface area contributed by atoms with Crippen molar-refractivity contribution in [3.05, 3.63) is 32.9 Å². The first-order chi connectivity index (χ1) is 23.3. The average molecular weight is 763 g/mol. The zero-order valence-corrected chi connectivity index (χ0v) is 32.3. The summed E-state index contributed by atoms with van der Waals surface area (Å²) in [5, 5.41) is -0.176. The molecule has 17 heteroatoms. The number of rotatable bonds is 25. The van der Waals surface area contributed by atoms with Gasteiger partial charge in [0.1, 0.15) is 12.3 Å². The lowest BCUT2D eigenvalue weighted by molar-refractivity contribution is -0.135. The summed E-state index contributed by atoms with van der Waals surface area (Å²) in [6.45, 7) is 10.2. The van der Waals surface area contributed by atoms with Crippen molar-refractivity contribution in [2.75, 3.05) is 26.4 Å². The molecule has 0 spiro atoms. The largest absolute Gasteiger partial charge is 0.472 e. The normalized spacial score (nSPS) is 20.0. The fourth-order valence-electron chi connectivity index (χ4n) is 5.37. The molecule has 1 aliphatic rings. The molecule has 4 atom stereocenters. The standard InChI is InChI=1S/C33H59F4N2O9PSi/c1-32(2,3)50(4,5)48-27-23-29(39-24-26(34)30(40)38-31(39)41)47-28(27)25-46-49(42,43)45-22-21-44-20-18-16-14-12-10-8-6-7-9-11-13-15-17-19-33(35,36)37/h24,27-29H,6-23,25H2,1-5H3,(H,42,43)(H,38,40,41). The van der Waals surface area contributed by atoms with Gasteiger partial charge in [-0.25, -0.2) is 9.36 Å². The van der Waals surface area contributed by atoms with E-state index in [1.54, 1.807) is 0 Å². The molecule has 2 N–H and O–H groups in total. The minimum Gasteiger partial charge on any atom is -0.411 e. The van der Waals surface area contributed by atoms with E-state index in [4.69, 9.17) is 22.9 Å². The Labute approximate surface area is 294 Å². The summed E-state index contributed by atoms with van der Waals surface area (Å²) in [6, 6.07) is 0. The van der Waals surface area contributed by atoms with Crippen molar-refractivity contribution in [2.24, 2.45) is 0 Å². The van der Waals surface area contributed by atoms with Crippen molar-refractivity contribution < 1.29 is 50.0 Å². The van der Waals surface area contributed by atoms with Crippen molar-refractivity contribution >= 4 is 16.1 Å². The highest BCUT2D eigenvalue weighted by molar-refractivity contribution is 7.47. The van der Waals surface area contributed by atoms with Gasteiger partial charge in [0, 0.05) is 19.4 Å². The Kier molecular flexibility index (Phi) is 19.1. The molecular formula is C33H59F4N2O9PSi. The second-order valence-electron chi connectivity index (χ2n) is 14.6. The highest BCUT2D eigenvalue weighted by atomic mass is 31.2. The van der Waals surface area contributed by atoms with E-state index < -0.39 is 64.2 Å². The molecule has 1 aromatic rings. The van der Waals surface area contributed by atoms with Crippen LogP contribution in [0.3, 0.4) is 0 Å². The molecule has 0 aliphatic carbocycles. The molecule has 2 rings (SSSR count). The molecule has 0 bridgehead atoms. The number of hydrogen-bond acceptors (Lipinski definition) is 8. The van der Waals surface area contributed by atoms with Gasteiger partial charge in [-0.2, -0.15) is 17.6 Å². The molecule has 11 nitrogen and oxygen atoms in total. The Bertz CT molecular complexity index is 1290. The second kappa shape index (κ2) is 21.3. The third-order valence-electron chi connectivity index (χ3n) is 9.30. The molecule has 0 amide bonds. The second-order valence-corrected chi connectivity index (χ2v) is 20.8. The lowest BCUT2D eigenvalue weighted by Crippen LogP contribution is -2.46. The van der Waals surface area contributed by atoms with Crippen LogP contribution in [0.2, 0.25) is 18.1 Å². The first kappa shape index (κ1) is 44.8. The number of unbranched alkanes of at least 4 members (excludes halogenated alkanes) is 12. The summed E-state index contributed by atoms with van der Waals surface area (Å²) >= 11 is 0. The van der Waals surface area contributed by atoms with E-state index in [-0.39, 0.29) is 37.7 Å². The topological polar surface area (TPSA) is 138 Å². The minimum absolute atomic E-state index is 0.107. The van der Waals surface area contributed by atoms with Crippen LogP contribution in [-0.4, -0.2) is 67.6 Å². The monoisotopic (exact) mass is 762 g/mol. The van der Waals surface area contributed by atoms with Gasteiger partial charge in [0.25, 0.3) is 5.56 Å². The van der Waals surface area contributed by atoms with E-state index in [2.05, 4.69) is 0 Å². The summed E-state index contributed by atoms with van der Waals surface area (Å²) in [4.78, 5) is 36.1. The SMILES string of the molecule is CC(C)(C)[Si](C)(C)OC1CC(n2cc(F)c(=O)[nH]c2=O)OC1COP(=O)(O)OCCOCCCCCCCCCCCCCCCC(F)(F)F. The number of aromatic nitrogens is 2. The van der Waals surface area contributed by atoms with E-state index in [9.17, 15) is 36.6 Å². The van der Waals surface area contributed by atoms with Crippen molar-refractivity contribution in [2.45, 2.75) is 160 Å². The van der Waals surface area contributed by atoms with Crippen LogP contribution in [0.5, 0.6) is 0 Å². The van der Waals surface area contributed by atoms with Gasteiger partial charge in [-0.15, -0.1) is 0 Å². The molecule has 4 unspecified atom stereocenters. The minimum atomic E-state index is -4.49. The maximum atomic E-state index is 14.0. The number of nitrogens with zero attached hydrogens (tertiary/aromatic N) is 1. The summed E-state index contributed by atoms with van der Waals surface area (Å²) < 4.78 is 92.2. The van der Waals surface area contributed by atoms with Crippen LogP contribution >= 0.6 is 7.82 Å². The number of H-pyrrole nitrogens is 1. The van der Waals surface area contributed by atoms with Crippen molar-refractivity contribution in [3.8, 4) is 0 Å². The molecule has 0 aromatic carbocycles. The molecule has 2 heterocycles. The van der Waals surface area contributed by atoms with E-state index in [1.807, 2.05) is 38.8 Å². The Hall–Kier alpha value is -1.39.